The highest BCUT2D eigenvalue weighted by Gasteiger charge is 2.43. The molecule has 1 aromatic carbocycles. The van der Waals surface area contributed by atoms with Gasteiger partial charge in [-0.15, -0.1) is 0 Å². The van der Waals surface area contributed by atoms with Crippen molar-refractivity contribution in [2.75, 3.05) is 6.26 Å². The van der Waals surface area contributed by atoms with Crippen molar-refractivity contribution in [3.05, 3.63) is 58.9 Å². The Bertz CT molecular complexity index is 992. The first kappa shape index (κ1) is 17.6. The van der Waals surface area contributed by atoms with Gasteiger partial charge in [-0.25, -0.2) is 8.42 Å². The number of halogens is 1. The van der Waals surface area contributed by atoms with E-state index in [1.54, 1.807) is 38.1 Å². The Hall–Kier alpha value is -2.18. The summed E-state index contributed by atoms with van der Waals surface area (Å²) in [4.78, 5) is 17.1. The van der Waals surface area contributed by atoms with Crippen LogP contribution in [0, 0.1) is 0 Å². The van der Waals surface area contributed by atoms with Gasteiger partial charge in [0.2, 0.25) is 5.78 Å². The van der Waals surface area contributed by atoms with Gasteiger partial charge >= 0.3 is 0 Å². The van der Waals surface area contributed by atoms with Crippen LogP contribution in [0.4, 0.5) is 0 Å². The van der Waals surface area contributed by atoms with E-state index in [2.05, 4.69) is 4.98 Å². The smallest absolute Gasteiger partial charge is 0.210 e. The zero-order valence-electron chi connectivity index (χ0n) is 13.9. The van der Waals surface area contributed by atoms with Gasteiger partial charge < -0.3 is 4.74 Å². The lowest BCUT2D eigenvalue weighted by Crippen LogP contribution is -2.29. The van der Waals surface area contributed by atoms with Crippen LogP contribution in [0.25, 0.3) is 11.3 Å². The van der Waals surface area contributed by atoms with Gasteiger partial charge in [0.05, 0.1) is 10.5 Å². The van der Waals surface area contributed by atoms with Gasteiger partial charge in [-0.05, 0) is 43.7 Å². The fourth-order valence-electron chi connectivity index (χ4n) is 2.58. The first-order valence-corrected chi connectivity index (χ1v) is 9.77. The maximum Gasteiger partial charge on any atom is 0.210 e. The first-order chi connectivity index (χ1) is 11.6. The molecule has 2 aromatic rings. The number of aromatic nitrogens is 1. The lowest BCUT2D eigenvalue weighted by molar-refractivity contribution is -0.125. The summed E-state index contributed by atoms with van der Waals surface area (Å²) in [5.74, 6) is 0.135. The predicted octanol–water partition coefficient (Wildman–Crippen LogP) is 3.38. The minimum absolute atomic E-state index is 0.102. The molecule has 25 heavy (non-hydrogen) atoms. The number of carbonyl (C=O) groups excluding carboxylic acids is 1. The van der Waals surface area contributed by atoms with Crippen LogP contribution in [0.2, 0.25) is 5.02 Å². The number of sulfone groups is 1. The molecule has 0 aliphatic carbocycles. The number of hydrogen-bond acceptors (Lipinski definition) is 5. The van der Waals surface area contributed by atoms with Gasteiger partial charge in [-0.1, -0.05) is 23.7 Å². The van der Waals surface area contributed by atoms with Crippen LogP contribution in [0.5, 0.6) is 0 Å². The molecule has 0 bridgehead atoms. The molecule has 0 spiro atoms. The Balaban J connectivity index is 2.17. The van der Waals surface area contributed by atoms with Crippen molar-refractivity contribution in [2.45, 2.75) is 24.3 Å². The molecule has 5 nitrogen and oxygen atoms in total. The van der Waals surface area contributed by atoms with E-state index in [1.165, 1.54) is 18.3 Å². The third-order valence-corrected chi connectivity index (χ3v) is 5.20. The lowest BCUT2D eigenvalue weighted by Gasteiger charge is -2.17. The highest BCUT2D eigenvalue weighted by Crippen LogP contribution is 2.41. The number of hydrogen-bond donors (Lipinski definition) is 0. The number of ether oxygens (including phenoxy) is 1. The molecule has 0 radical (unpaired) electrons. The topological polar surface area (TPSA) is 73.3 Å². The third-order valence-electron chi connectivity index (χ3n) is 3.87. The molecule has 0 atom stereocenters. The van der Waals surface area contributed by atoms with Gasteiger partial charge in [-0.2, -0.15) is 0 Å². The maximum atomic E-state index is 12.8. The largest absolute Gasteiger partial charge is 0.477 e. The second-order valence-electron chi connectivity index (χ2n) is 6.31. The molecule has 7 heteroatoms. The molecule has 0 N–H and O–H groups in total. The molecule has 0 amide bonds. The second-order valence-corrected chi connectivity index (χ2v) is 8.76. The maximum absolute atomic E-state index is 12.8. The van der Waals surface area contributed by atoms with Crippen molar-refractivity contribution >= 4 is 38.6 Å². The van der Waals surface area contributed by atoms with Crippen molar-refractivity contribution in [3.8, 4) is 0 Å². The zero-order valence-corrected chi connectivity index (χ0v) is 15.5. The summed E-state index contributed by atoms with van der Waals surface area (Å²) >= 11 is 6.05. The van der Waals surface area contributed by atoms with Gasteiger partial charge in [0, 0.05) is 17.5 Å². The number of Topliss-reactive ketones (excluding diaryl/α,β-unsaturated/α-hetero) is 1. The molecule has 130 valence electrons. The SMILES string of the molecule is CC1(C)OC(c2ccc(S(C)(=O)=O)cn2)=C(c2cccc(Cl)c2)C1=O. The van der Waals surface area contributed by atoms with Crippen LogP contribution in [0.3, 0.4) is 0 Å². The monoisotopic (exact) mass is 377 g/mol. The summed E-state index contributed by atoms with van der Waals surface area (Å²) in [6.07, 6.45) is 2.37. The Labute approximate surface area is 151 Å². The number of benzene rings is 1. The Morgan fingerprint density at radius 1 is 1.16 bits per heavy atom. The number of ketones is 1. The number of pyridine rings is 1. The normalized spacial score (nSPS) is 16.9. The highest BCUT2D eigenvalue weighted by molar-refractivity contribution is 7.90. The average Bonchev–Trinajstić information content (AvgIpc) is 2.77. The Kier molecular flexibility index (Phi) is 4.21. The minimum Gasteiger partial charge on any atom is -0.477 e. The van der Waals surface area contributed by atoms with Crippen LogP contribution < -0.4 is 0 Å². The van der Waals surface area contributed by atoms with E-state index in [1.807, 2.05) is 0 Å². The van der Waals surface area contributed by atoms with E-state index in [-0.39, 0.29) is 10.7 Å². The van der Waals surface area contributed by atoms with Crippen molar-refractivity contribution < 1.29 is 17.9 Å². The molecule has 3 rings (SSSR count). The van der Waals surface area contributed by atoms with Gasteiger partial charge in [0.1, 0.15) is 5.69 Å². The van der Waals surface area contributed by atoms with E-state index in [0.717, 1.165) is 6.26 Å². The van der Waals surface area contributed by atoms with Crippen LogP contribution in [-0.2, 0) is 19.4 Å². The van der Waals surface area contributed by atoms with E-state index in [9.17, 15) is 13.2 Å². The molecular formula is C18H16ClNO4S. The lowest BCUT2D eigenvalue weighted by atomic mass is 9.93. The number of carbonyl (C=O) groups is 1. The molecule has 2 heterocycles. The summed E-state index contributed by atoms with van der Waals surface area (Å²) in [6, 6.07) is 9.90. The molecular weight excluding hydrogens is 362 g/mol. The van der Waals surface area contributed by atoms with E-state index < -0.39 is 15.4 Å². The van der Waals surface area contributed by atoms with E-state index in [0.29, 0.717) is 27.6 Å². The summed E-state index contributed by atoms with van der Waals surface area (Å²) in [5, 5.41) is 0.502. The first-order valence-electron chi connectivity index (χ1n) is 7.50. The van der Waals surface area contributed by atoms with E-state index >= 15 is 0 Å². The van der Waals surface area contributed by atoms with Crippen molar-refractivity contribution in [1.29, 1.82) is 0 Å². The number of nitrogens with zero attached hydrogens (tertiary/aromatic N) is 1. The third kappa shape index (κ3) is 3.32. The fraction of sp³-hybridized carbons (Fsp3) is 0.222. The van der Waals surface area contributed by atoms with Gasteiger partial charge in [-0.3, -0.25) is 9.78 Å². The van der Waals surface area contributed by atoms with Crippen LogP contribution in [0.1, 0.15) is 25.1 Å². The Morgan fingerprint density at radius 2 is 1.88 bits per heavy atom. The summed E-state index contributed by atoms with van der Waals surface area (Å²) < 4.78 is 29.0. The fourth-order valence-corrected chi connectivity index (χ4v) is 3.33. The second kappa shape index (κ2) is 5.97. The standard InChI is InChI=1S/C18H16ClNO4S/c1-18(2)17(21)15(11-5-4-6-12(19)9-11)16(24-18)14-8-7-13(10-20-14)25(3,22)23/h4-10H,1-3H3. The molecule has 0 fully saturated rings. The van der Waals surface area contributed by atoms with Crippen molar-refractivity contribution in [3.63, 3.8) is 0 Å². The predicted molar refractivity (Wildman–Crippen MR) is 95.8 cm³/mol. The average molecular weight is 378 g/mol. The summed E-state index contributed by atoms with van der Waals surface area (Å²) in [7, 11) is -3.35. The molecule has 1 aliphatic heterocycles. The molecule has 1 aromatic heterocycles. The van der Waals surface area contributed by atoms with Crippen molar-refractivity contribution in [1.82, 2.24) is 4.98 Å². The van der Waals surface area contributed by atoms with Gasteiger partial charge in [0.25, 0.3) is 0 Å². The van der Waals surface area contributed by atoms with Crippen LogP contribution >= 0.6 is 11.6 Å². The Morgan fingerprint density at radius 3 is 2.44 bits per heavy atom. The zero-order chi connectivity index (χ0) is 18.4. The summed E-state index contributed by atoms with van der Waals surface area (Å²) in [5.41, 5.74) is 0.366. The molecule has 0 saturated carbocycles. The molecule has 0 unspecified atom stereocenters. The molecule has 1 aliphatic rings. The van der Waals surface area contributed by atoms with Crippen LogP contribution in [-0.4, -0.2) is 31.0 Å². The summed E-state index contributed by atoms with van der Waals surface area (Å²) in [6.45, 7) is 3.36. The van der Waals surface area contributed by atoms with Crippen molar-refractivity contribution in [2.24, 2.45) is 0 Å². The van der Waals surface area contributed by atoms with E-state index in [4.69, 9.17) is 16.3 Å². The highest BCUT2D eigenvalue weighted by atomic mass is 35.5. The van der Waals surface area contributed by atoms with Gasteiger partial charge in [0.15, 0.2) is 21.2 Å². The quantitative estimate of drug-likeness (QED) is 0.819. The minimum atomic E-state index is -3.35. The number of rotatable bonds is 3. The van der Waals surface area contributed by atoms with Crippen LogP contribution in [0.15, 0.2) is 47.5 Å². The molecule has 0 saturated heterocycles.